The van der Waals surface area contributed by atoms with Gasteiger partial charge in [-0.3, -0.25) is 14.6 Å². The highest BCUT2D eigenvalue weighted by atomic mass is 32.2. The average Bonchev–Trinajstić information content (AvgIpc) is 3.35. The number of aliphatic imine (C=N–C) groups is 1. The highest BCUT2D eigenvalue weighted by molar-refractivity contribution is 8.08. The number of aromatic nitrogens is 1. The second kappa shape index (κ2) is 14.1. The zero-order valence-electron chi connectivity index (χ0n) is 22.7. The predicted octanol–water partition coefficient (Wildman–Crippen LogP) is 6.94. The van der Waals surface area contributed by atoms with Crippen molar-refractivity contribution in [3.05, 3.63) is 87.7 Å². The number of unbranched alkanes of at least 4 members (excludes halogenated alkanes) is 2. The lowest BCUT2D eigenvalue weighted by atomic mass is 10.1. The van der Waals surface area contributed by atoms with Crippen molar-refractivity contribution in [3.63, 3.8) is 0 Å². The molecule has 2 aromatic heterocycles. The third-order valence-corrected chi connectivity index (χ3v) is 7.34. The number of carbonyl (C=O) groups is 1. The van der Waals surface area contributed by atoms with Gasteiger partial charge in [0.25, 0.3) is 5.91 Å². The number of thioether (sulfide) groups is 1. The van der Waals surface area contributed by atoms with Gasteiger partial charge in [-0.1, -0.05) is 12.1 Å². The second-order valence-electron chi connectivity index (χ2n) is 9.04. The second-order valence-corrected chi connectivity index (χ2v) is 10.2. The van der Waals surface area contributed by atoms with Gasteiger partial charge >= 0.3 is 6.18 Å². The molecular formula is C29H32F3N3O4S. The fourth-order valence-electron chi connectivity index (χ4n) is 3.92. The molecule has 0 N–H and O–H groups in total. The first kappa shape index (κ1) is 30.8. The SMILES string of the molecule is C=Nc1cc(C(F)(F)F)ccc1/C(=C\C)SCCCCCOc1coc(CN(C)C(=O)c2cccn2C)cc1=O. The summed E-state index contributed by atoms with van der Waals surface area (Å²) in [5.74, 6) is 1.02. The molecule has 0 atom stereocenters. The first-order chi connectivity index (χ1) is 19.0. The van der Waals surface area contributed by atoms with Crippen LogP contribution in [-0.4, -0.2) is 41.5 Å². The van der Waals surface area contributed by atoms with E-state index in [1.165, 1.54) is 35.1 Å². The van der Waals surface area contributed by atoms with E-state index in [9.17, 15) is 22.8 Å². The van der Waals surface area contributed by atoms with Crippen molar-refractivity contribution in [1.82, 2.24) is 9.47 Å². The van der Waals surface area contributed by atoms with E-state index >= 15 is 0 Å². The summed E-state index contributed by atoms with van der Waals surface area (Å²) in [6.45, 7) is 5.72. The summed E-state index contributed by atoms with van der Waals surface area (Å²) in [7, 11) is 3.42. The van der Waals surface area contributed by atoms with Gasteiger partial charge in [0.2, 0.25) is 11.2 Å². The molecule has 0 unspecified atom stereocenters. The minimum Gasteiger partial charge on any atom is -0.487 e. The third-order valence-electron chi connectivity index (χ3n) is 6.08. The molecule has 0 radical (unpaired) electrons. The normalized spacial score (nSPS) is 11.9. The van der Waals surface area contributed by atoms with Gasteiger partial charge in [-0.15, -0.1) is 11.8 Å². The van der Waals surface area contributed by atoms with Crippen LogP contribution in [0, 0.1) is 0 Å². The van der Waals surface area contributed by atoms with Gasteiger partial charge in [0.15, 0.2) is 0 Å². The number of aryl methyl sites for hydroxylation is 1. The Morgan fingerprint density at radius 3 is 2.62 bits per heavy atom. The van der Waals surface area contributed by atoms with Crippen LogP contribution in [0.1, 0.15) is 53.6 Å². The number of hydrogen-bond donors (Lipinski definition) is 0. The van der Waals surface area contributed by atoms with E-state index < -0.39 is 11.7 Å². The van der Waals surface area contributed by atoms with E-state index in [4.69, 9.17) is 9.15 Å². The maximum Gasteiger partial charge on any atom is 0.416 e. The molecule has 2 heterocycles. The number of rotatable bonds is 13. The van der Waals surface area contributed by atoms with Crippen LogP contribution in [0.4, 0.5) is 18.9 Å². The van der Waals surface area contributed by atoms with E-state index in [-0.39, 0.29) is 29.3 Å². The van der Waals surface area contributed by atoms with Crippen molar-refractivity contribution in [2.24, 2.45) is 12.0 Å². The van der Waals surface area contributed by atoms with Crippen molar-refractivity contribution in [1.29, 1.82) is 0 Å². The van der Waals surface area contributed by atoms with Crippen LogP contribution in [0.25, 0.3) is 4.91 Å². The number of hydrogen-bond acceptors (Lipinski definition) is 6. The highest BCUT2D eigenvalue weighted by Gasteiger charge is 2.31. The largest absolute Gasteiger partial charge is 0.487 e. The molecule has 3 aromatic rings. The minimum atomic E-state index is -4.44. The fourth-order valence-corrected chi connectivity index (χ4v) is 4.98. The monoisotopic (exact) mass is 575 g/mol. The number of allylic oxidation sites excluding steroid dienone is 1. The molecule has 214 valence electrons. The summed E-state index contributed by atoms with van der Waals surface area (Å²) in [6, 6.07) is 8.32. The summed E-state index contributed by atoms with van der Waals surface area (Å²) < 4.78 is 51.9. The van der Waals surface area contributed by atoms with Crippen molar-refractivity contribution in [3.8, 4) is 5.75 Å². The molecule has 0 spiro atoms. The molecule has 0 saturated heterocycles. The Labute approximate surface area is 235 Å². The maximum absolute atomic E-state index is 13.0. The molecule has 11 heteroatoms. The zero-order valence-corrected chi connectivity index (χ0v) is 23.5. The van der Waals surface area contributed by atoms with Crippen LogP contribution in [0.2, 0.25) is 0 Å². The van der Waals surface area contributed by atoms with Crippen LogP contribution in [0.5, 0.6) is 5.75 Å². The van der Waals surface area contributed by atoms with Crippen LogP contribution in [-0.2, 0) is 19.8 Å². The number of benzene rings is 1. The Morgan fingerprint density at radius 1 is 1.23 bits per heavy atom. The molecular weight excluding hydrogens is 543 g/mol. The summed E-state index contributed by atoms with van der Waals surface area (Å²) in [5, 5.41) is 0. The topological polar surface area (TPSA) is 77.0 Å². The predicted molar refractivity (Wildman–Crippen MR) is 152 cm³/mol. The lowest BCUT2D eigenvalue weighted by Crippen LogP contribution is -2.28. The molecule has 1 aromatic carbocycles. The number of amides is 1. The summed E-state index contributed by atoms with van der Waals surface area (Å²) in [5.41, 5.74) is 0.265. The summed E-state index contributed by atoms with van der Waals surface area (Å²) in [6.07, 6.45) is 2.85. The van der Waals surface area contributed by atoms with Gasteiger partial charge in [-0.05, 0) is 62.9 Å². The molecule has 40 heavy (non-hydrogen) atoms. The zero-order chi connectivity index (χ0) is 29.3. The van der Waals surface area contributed by atoms with Crippen molar-refractivity contribution in [2.75, 3.05) is 19.4 Å². The van der Waals surface area contributed by atoms with Crippen molar-refractivity contribution < 1.29 is 27.1 Å². The Bertz CT molecular complexity index is 1410. The third kappa shape index (κ3) is 8.14. The average molecular weight is 576 g/mol. The van der Waals surface area contributed by atoms with E-state index in [2.05, 4.69) is 11.7 Å². The lowest BCUT2D eigenvalue weighted by molar-refractivity contribution is -0.137. The molecule has 0 aliphatic heterocycles. The number of carbonyl (C=O) groups excluding carboxylic acids is 1. The molecule has 0 saturated carbocycles. The van der Waals surface area contributed by atoms with E-state index in [0.717, 1.165) is 35.6 Å². The maximum atomic E-state index is 13.0. The van der Waals surface area contributed by atoms with Gasteiger partial charge in [-0.2, -0.15) is 13.2 Å². The van der Waals surface area contributed by atoms with Crippen LogP contribution in [0.15, 0.2) is 69.1 Å². The van der Waals surface area contributed by atoms with Crippen molar-refractivity contribution >= 4 is 35.0 Å². The molecule has 0 aliphatic rings. The molecule has 0 bridgehead atoms. The molecule has 0 fully saturated rings. The van der Waals surface area contributed by atoms with Crippen LogP contribution in [0.3, 0.4) is 0 Å². The first-order valence-electron chi connectivity index (χ1n) is 12.6. The summed E-state index contributed by atoms with van der Waals surface area (Å²) >= 11 is 1.54. The Balaban J connectivity index is 1.42. The molecule has 7 nitrogen and oxygen atoms in total. The number of ether oxygens (including phenoxy) is 1. The number of halogens is 3. The van der Waals surface area contributed by atoms with Gasteiger partial charge in [0.1, 0.15) is 17.7 Å². The minimum absolute atomic E-state index is 0.109. The van der Waals surface area contributed by atoms with Gasteiger partial charge < -0.3 is 18.6 Å². The Kier molecular flexibility index (Phi) is 10.8. The van der Waals surface area contributed by atoms with Crippen LogP contribution < -0.4 is 10.2 Å². The van der Waals surface area contributed by atoms with Crippen LogP contribution >= 0.6 is 11.8 Å². The smallest absolute Gasteiger partial charge is 0.416 e. The lowest BCUT2D eigenvalue weighted by Gasteiger charge is -2.17. The van der Waals surface area contributed by atoms with E-state index in [0.29, 0.717) is 30.0 Å². The Hall–Kier alpha value is -3.73. The molecule has 3 rings (SSSR count). The quantitative estimate of drug-likeness (QED) is 0.163. The van der Waals surface area contributed by atoms with Crippen molar-refractivity contribution in [2.45, 2.75) is 38.9 Å². The van der Waals surface area contributed by atoms with Gasteiger partial charge in [-0.25, -0.2) is 0 Å². The van der Waals surface area contributed by atoms with E-state index in [1.54, 1.807) is 37.0 Å². The first-order valence-corrected chi connectivity index (χ1v) is 13.6. The molecule has 0 aliphatic carbocycles. The Morgan fingerprint density at radius 2 is 2.00 bits per heavy atom. The van der Waals surface area contributed by atoms with Gasteiger partial charge in [0.05, 0.1) is 24.4 Å². The van der Waals surface area contributed by atoms with Gasteiger partial charge in [0, 0.05) is 36.8 Å². The molecule has 1 amide bonds. The van der Waals surface area contributed by atoms with E-state index in [1.807, 2.05) is 13.0 Å². The fraction of sp³-hybridized carbons (Fsp3) is 0.345. The highest BCUT2D eigenvalue weighted by Crippen LogP contribution is 2.39. The standard InChI is InChI=1S/C29H32F3N3O4S/c1-5-27(22-12-11-20(29(30,31)32)16-23(22)33-2)40-15-8-6-7-14-38-26-19-39-21(17-25(26)36)18-35(4)28(37)24-10-9-13-34(24)3/h5,9-13,16-17,19H,2,6-8,14-15,18H2,1,3-4H3/b27-5+. The number of nitrogens with zero attached hydrogens (tertiary/aromatic N) is 3. The summed E-state index contributed by atoms with van der Waals surface area (Å²) in [4.78, 5) is 31.1. The number of alkyl halides is 3.